The van der Waals surface area contributed by atoms with Crippen molar-refractivity contribution in [1.29, 1.82) is 0 Å². The van der Waals surface area contributed by atoms with Crippen molar-refractivity contribution in [2.24, 2.45) is 0 Å². The van der Waals surface area contributed by atoms with Crippen LogP contribution in [-0.2, 0) is 4.79 Å². The Hall–Kier alpha value is -3.15. The van der Waals surface area contributed by atoms with E-state index in [0.717, 1.165) is 28.2 Å². The fraction of sp³-hybridized carbons (Fsp3) is 0.192. The highest BCUT2D eigenvalue weighted by Crippen LogP contribution is 2.47. The van der Waals surface area contributed by atoms with Gasteiger partial charge in [0.2, 0.25) is 6.79 Å². The summed E-state index contributed by atoms with van der Waals surface area (Å²) in [6.07, 6.45) is 1.12. The Balaban J connectivity index is 1.47. The minimum atomic E-state index is -0.420. The average Bonchev–Trinajstić information content (AvgIpc) is 3.18. The lowest BCUT2D eigenvalue weighted by atomic mass is 9.78. The van der Waals surface area contributed by atoms with Gasteiger partial charge >= 0.3 is 0 Å². The molecule has 5 nitrogen and oxygen atoms in total. The molecule has 3 aromatic rings. The molecule has 2 aliphatic heterocycles. The zero-order valence-electron chi connectivity index (χ0n) is 17.5. The van der Waals surface area contributed by atoms with Gasteiger partial charge in [-0.3, -0.25) is 4.79 Å². The van der Waals surface area contributed by atoms with Gasteiger partial charge in [0, 0.05) is 34.3 Å². The second kappa shape index (κ2) is 8.01. The summed E-state index contributed by atoms with van der Waals surface area (Å²) in [5.41, 5.74) is 5.32. The van der Waals surface area contributed by atoms with Crippen molar-refractivity contribution in [3.63, 3.8) is 0 Å². The second-order valence-corrected chi connectivity index (χ2v) is 9.29. The van der Waals surface area contributed by atoms with Gasteiger partial charge in [-0.2, -0.15) is 0 Å². The first kappa shape index (κ1) is 20.5. The third kappa shape index (κ3) is 3.62. The molecule has 1 aliphatic carbocycles. The number of halogens is 2. The van der Waals surface area contributed by atoms with Crippen LogP contribution >= 0.6 is 23.2 Å². The number of rotatable bonds is 2. The maximum absolute atomic E-state index is 13.6. The molecular formula is C26H20Cl2N2O3. The molecule has 3 aromatic carbocycles. The molecule has 0 saturated heterocycles. The summed E-state index contributed by atoms with van der Waals surface area (Å²) >= 11 is 12.8. The van der Waals surface area contributed by atoms with Crippen LogP contribution in [0.3, 0.4) is 0 Å². The first-order valence-corrected chi connectivity index (χ1v) is 11.6. The van der Waals surface area contributed by atoms with Gasteiger partial charge < -0.3 is 20.1 Å². The highest BCUT2D eigenvalue weighted by atomic mass is 35.5. The molecule has 2 atom stereocenters. The molecule has 33 heavy (non-hydrogen) atoms. The number of carbonyl (C=O) groups is 1. The number of fused-ring (bicyclic) bond motifs is 2. The van der Waals surface area contributed by atoms with E-state index in [4.69, 9.17) is 32.7 Å². The van der Waals surface area contributed by atoms with E-state index < -0.39 is 6.04 Å². The number of Topliss-reactive ketones (excluding diaryl/α,β-unsaturated/α-hetero) is 1. The van der Waals surface area contributed by atoms with Crippen LogP contribution in [0.25, 0.3) is 0 Å². The minimum absolute atomic E-state index is 0.0687. The van der Waals surface area contributed by atoms with Crippen LogP contribution in [0.15, 0.2) is 71.9 Å². The van der Waals surface area contributed by atoms with Gasteiger partial charge in [0.05, 0.1) is 22.4 Å². The van der Waals surface area contributed by atoms with Crippen molar-refractivity contribution in [3.05, 3.63) is 93.1 Å². The van der Waals surface area contributed by atoms with Gasteiger partial charge in [-0.1, -0.05) is 47.5 Å². The smallest absolute Gasteiger partial charge is 0.231 e. The standard InChI is InChI=1S/C26H20Cl2N2O3/c27-16-7-5-14(6-8-16)15-9-21-25(22(31)10-15)26(30-20-4-2-1-3-19(20)29-21)17-11-23-24(12-18(17)28)33-13-32-23/h1-8,11-12,15,26,29-30H,9-10,13H2. The molecule has 2 heterocycles. The molecule has 0 radical (unpaired) electrons. The van der Waals surface area contributed by atoms with Crippen molar-refractivity contribution in [3.8, 4) is 11.5 Å². The molecule has 3 aliphatic rings. The number of allylic oxidation sites excluding steroid dienone is 1. The molecular weight excluding hydrogens is 459 g/mol. The fourth-order valence-corrected chi connectivity index (χ4v) is 5.24. The maximum Gasteiger partial charge on any atom is 0.231 e. The molecule has 0 fully saturated rings. The van der Waals surface area contributed by atoms with E-state index in [-0.39, 0.29) is 18.5 Å². The number of hydrogen-bond acceptors (Lipinski definition) is 5. The van der Waals surface area contributed by atoms with Gasteiger partial charge in [0.25, 0.3) is 0 Å². The van der Waals surface area contributed by atoms with Gasteiger partial charge in [0.15, 0.2) is 17.3 Å². The zero-order valence-corrected chi connectivity index (χ0v) is 19.0. The number of nitrogens with one attached hydrogen (secondary N) is 2. The topological polar surface area (TPSA) is 59.6 Å². The lowest BCUT2D eigenvalue weighted by molar-refractivity contribution is -0.116. The van der Waals surface area contributed by atoms with Crippen molar-refractivity contribution in [1.82, 2.24) is 0 Å². The predicted octanol–water partition coefficient (Wildman–Crippen LogP) is 6.70. The third-order valence-corrected chi connectivity index (χ3v) is 7.03. The number of ketones is 1. The molecule has 0 saturated carbocycles. The first-order chi connectivity index (χ1) is 16.1. The van der Waals surface area contributed by atoms with E-state index in [0.29, 0.717) is 40.0 Å². The van der Waals surface area contributed by atoms with Crippen molar-refractivity contribution in [2.45, 2.75) is 24.8 Å². The van der Waals surface area contributed by atoms with Crippen LogP contribution in [0.2, 0.25) is 10.0 Å². The Morgan fingerprint density at radius 3 is 2.39 bits per heavy atom. The molecule has 0 bridgehead atoms. The predicted molar refractivity (Wildman–Crippen MR) is 129 cm³/mol. The van der Waals surface area contributed by atoms with Gasteiger partial charge in [0.1, 0.15) is 0 Å². The van der Waals surface area contributed by atoms with E-state index in [2.05, 4.69) is 10.6 Å². The van der Waals surface area contributed by atoms with E-state index in [1.165, 1.54) is 0 Å². The summed E-state index contributed by atoms with van der Waals surface area (Å²) in [6, 6.07) is 18.9. The van der Waals surface area contributed by atoms with Crippen LogP contribution in [0.5, 0.6) is 11.5 Å². The summed E-state index contributed by atoms with van der Waals surface area (Å²) in [5.74, 6) is 1.40. The molecule has 166 valence electrons. The molecule has 0 spiro atoms. The van der Waals surface area contributed by atoms with E-state index >= 15 is 0 Å². The summed E-state index contributed by atoms with van der Waals surface area (Å²) in [6.45, 7) is 0.160. The highest BCUT2D eigenvalue weighted by Gasteiger charge is 2.37. The van der Waals surface area contributed by atoms with Gasteiger partial charge in [-0.25, -0.2) is 0 Å². The fourth-order valence-electron chi connectivity index (χ4n) is 4.85. The molecule has 2 unspecified atom stereocenters. The van der Waals surface area contributed by atoms with Crippen molar-refractivity contribution < 1.29 is 14.3 Å². The Morgan fingerprint density at radius 2 is 1.61 bits per heavy atom. The Bertz CT molecular complexity index is 1300. The van der Waals surface area contributed by atoms with Crippen LogP contribution < -0.4 is 20.1 Å². The zero-order chi connectivity index (χ0) is 22.5. The number of para-hydroxylation sites is 2. The van der Waals surface area contributed by atoms with Gasteiger partial charge in [-0.15, -0.1) is 0 Å². The Morgan fingerprint density at radius 1 is 0.879 bits per heavy atom. The number of ether oxygens (including phenoxy) is 2. The van der Waals surface area contributed by atoms with Crippen LogP contribution in [0.4, 0.5) is 11.4 Å². The van der Waals surface area contributed by atoms with Gasteiger partial charge in [-0.05, 0) is 48.2 Å². The number of anilines is 2. The molecule has 0 aromatic heterocycles. The molecule has 0 amide bonds. The highest BCUT2D eigenvalue weighted by molar-refractivity contribution is 6.32. The SMILES string of the molecule is O=C1CC(c2ccc(Cl)cc2)CC2=C1C(c1cc3c(cc1Cl)OCO3)Nc1ccccc1N2. The lowest BCUT2D eigenvalue weighted by Crippen LogP contribution is -2.27. The van der Waals surface area contributed by atoms with Crippen LogP contribution in [-0.4, -0.2) is 12.6 Å². The van der Waals surface area contributed by atoms with E-state index in [1.54, 1.807) is 6.07 Å². The van der Waals surface area contributed by atoms with E-state index in [9.17, 15) is 4.79 Å². The number of carbonyl (C=O) groups excluding carboxylic acids is 1. The lowest BCUT2D eigenvalue weighted by Gasteiger charge is -2.30. The average molecular weight is 479 g/mol. The first-order valence-electron chi connectivity index (χ1n) is 10.8. The monoisotopic (exact) mass is 478 g/mol. The van der Waals surface area contributed by atoms with Crippen molar-refractivity contribution in [2.75, 3.05) is 17.4 Å². The molecule has 2 N–H and O–H groups in total. The molecule has 7 heteroatoms. The van der Waals surface area contributed by atoms with Crippen LogP contribution in [0, 0.1) is 0 Å². The van der Waals surface area contributed by atoms with Crippen LogP contribution in [0.1, 0.15) is 35.9 Å². The Labute approximate surface area is 201 Å². The Kier molecular flexibility index (Phi) is 4.97. The normalized spacial score (nSPS) is 21.0. The third-order valence-electron chi connectivity index (χ3n) is 6.45. The summed E-state index contributed by atoms with van der Waals surface area (Å²) in [4.78, 5) is 13.6. The summed E-state index contributed by atoms with van der Waals surface area (Å²) in [7, 11) is 0. The number of benzene rings is 3. The van der Waals surface area contributed by atoms with E-state index in [1.807, 2.05) is 54.6 Å². The quantitative estimate of drug-likeness (QED) is 0.428. The largest absolute Gasteiger partial charge is 0.454 e. The summed E-state index contributed by atoms with van der Waals surface area (Å²) < 4.78 is 11.1. The minimum Gasteiger partial charge on any atom is -0.454 e. The molecule has 6 rings (SSSR count). The number of hydrogen-bond donors (Lipinski definition) is 2. The maximum atomic E-state index is 13.6. The second-order valence-electron chi connectivity index (χ2n) is 8.45. The summed E-state index contributed by atoms with van der Waals surface area (Å²) in [5, 5.41) is 8.31. The van der Waals surface area contributed by atoms with Crippen molar-refractivity contribution >= 4 is 40.4 Å².